The van der Waals surface area contributed by atoms with E-state index >= 15 is 0 Å². The van der Waals surface area contributed by atoms with Crippen molar-refractivity contribution in [3.63, 3.8) is 0 Å². The van der Waals surface area contributed by atoms with E-state index in [4.69, 9.17) is 4.74 Å². The number of esters is 1. The van der Waals surface area contributed by atoms with E-state index in [-0.39, 0.29) is 12.5 Å². The minimum atomic E-state index is -0.441. The van der Waals surface area contributed by atoms with Gasteiger partial charge in [-0.15, -0.1) is 0 Å². The third-order valence-electron chi connectivity index (χ3n) is 5.08. The van der Waals surface area contributed by atoms with E-state index in [1.54, 1.807) is 16.3 Å². The van der Waals surface area contributed by atoms with Crippen LogP contribution in [0.4, 0.5) is 0 Å². The first-order chi connectivity index (χ1) is 13.7. The summed E-state index contributed by atoms with van der Waals surface area (Å²) in [6, 6.07) is 16.5. The molecule has 0 atom stereocenters. The fourth-order valence-electron chi connectivity index (χ4n) is 3.51. The summed E-state index contributed by atoms with van der Waals surface area (Å²) in [4.78, 5) is 28.3. The van der Waals surface area contributed by atoms with Crippen molar-refractivity contribution >= 4 is 34.0 Å². The Bertz CT molecular complexity index is 958. The fourth-order valence-corrected chi connectivity index (χ4v) is 4.13. The standard InChI is InChI=1S/C22H22N2O3S/c25-21(15-27-22(26)19-8-13-28-16-19)24-11-9-23(10-12-24)14-18-6-3-5-17-4-1-2-7-20(17)18/h1-8,13,16H,9-12,14-15H2. The minimum Gasteiger partial charge on any atom is -0.452 e. The zero-order valence-electron chi connectivity index (χ0n) is 15.5. The van der Waals surface area contributed by atoms with Crippen LogP contribution in [0.25, 0.3) is 10.8 Å². The van der Waals surface area contributed by atoms with Gasteiger partial charge in [0.1, 0.15) is 0 Å². The maximum absolute atomic E-state index is 12.3. The SMILES string of the molecule is O=C(OCC(=O)N1CCN(Cc2cccc3ccccc23)CC1)c1ccsc1. The van der Waals surface area contributed by atoms with Crippen LogP contribution in [0.1, 0.15) is 15.9 Å². The molecule has 0 aliphatic carbocycles. The number of benzene rings is 2. The summed E-state index contributed by atoms with van der Waals surface area (Å²) < 4.78 is 5.14. The molecule has 144 valence electrons. The maximum atomic E-state index is 12.3. The van der Waals surface area contributed by atoms with Gasteiger partial charge in [-0.3, -0.25) is 9.69 Å². The van der Waals surface area contributed by atoms with Crippen LogP contribution in [0, 0.1) is 0 Å². The number of fused-ring (bicyclic) bond motifs is 1. The van der Waals surface area contributed by atoms with Gasteiger partial charge in [-0.05, 0) is 27.8 Å². The van der Waals surface area contributed by atoms with Crippen LogP contribution in [0.5, 0.6) is 0 Å². The molecule has 0 saturated carbocycles. The van der Waals surface area contributed by atoms with Crippen molar-refractivity contribution in [3.05, 3.63) is 70.4 Å². The van der Waals surface area contributed by atoms with Crippen molar-refractivity contribution in [1.29, 1.82) is 0 Å². The second-order valence-electron chi connectivity index (χ2n) is 6.88. The van der Waals surface area contributed by atoms with E-state index in [9.17, 15) is 9.59 Å². The molecule has 1 aliphatic heterocycles. The molecular weight excluding hydrogens is 372 g/mol. The van der Waals surface area contributed by atoms with Gasteiger partial charge < -0.3 is 9.64 Å². The Kier molecular flexibility index (Phi) is 5.69. The molecule has 0 N–H and O–H groups in total. The Balaban J connectivity index is 1.28. The zero-order chi connectivity index (χ0) is 19.3. The van der Waals surface area contributed by atoms with Gasteiger partial charge in [-0.1, -0.05) is 42.5 Å². The van der Waals surface area contributed by atoms with Crippen LogP contribution < -0.4 is 0 Å². The first-order valence-electron chi connectivity index (χ1n) is 9.37. The molecular formula is C22H22N2O3S. The molecule has 28 heavy (non-hydrogen) atoms. The van der Waals surface area contributed by atoms with Crippen molar-refractivity contribution in [2.24, 2.45) is 0 Å². The van der Waals surface area contributed by atoms with E-state index in [1.165, 1.54) is 27.7 Å². The molecule has 2 aromatic carbocycles. The van der Waals surface area contributed by atoms with Crippen LogP contribution >= 0.6 is 11.3 Å². The second-order valence-corrected chi connectivity index (χ2v) is 7.66. The molecule has 4 rings (SSSR count). The van der Waals surface area contributed by atoms with Gasteiger partial charge in [-0.2, -0.15) is 11.3 Å². The third kappa shape index (κ3) is 4.24. The van der Waals surface area contributed by atoms with E-state index in [1.807, 2.05) is 5.38 Å². The lowest BCUT2D eigenvalue weighted by Gasteiger charge is -2.34. The van der Waals surface area contributed by atoms with Crippen LogP contribution in [-0.4, -0.2) is 54.5 Å². The van der Waals surface area contributed by atoms with E-state index in [0.29, 0.717) is 18.7 Å². The molecule has 5 nitrogen and oxygen atoms in total. The Hall–Kier alpha value is -2.70. The number of piperazine rings is 1. The summed E-state index contributed by atoms with van der Waals surface area (Å²) in [6.07, 6.45) is 0. The number of amides is 1. The number of carbonyl (C=O) groups is 2. The molecule has 3 aromatic rings. The van der Waals surface area contributed by atoms with Gasteiger partial charge in [0.2, 0.25) is 0 Å². The first-order valence-corrected chi connectivity index (χ1v) is 10.3. The minimum absolute atomic E-state index is 0.131. The quantitative estimate of drug-likeness (QED) is 0.623. The molecule has 0 spiro atoms. The van der Waals surface area contributed by atoms with Gasteiger partial charge in [0.15, 0.2) is 6.61 Å². The molecule has 0 unspecified atom stereocenters. The van der Waals surface area contributed by atoms with Crippen LogP contribution in [0.2, 0.25) is 0 Å². The van der Waals surface area contributed by atoms with E-state index in [2.05, 4.69) is 47.4 Å². The van der Waals surface area contributed by atoms with Crippen LogP contribution in [0.15, 0.2) is 59.3 Å². The lowest BCUT2D eigenvalue weighted by molar-refractivity contribution is -0.136. The highest BCUT2D eigenvalue weighted by Crippen LogP contribution is 2.20. The smallest absolute Gasteiger partial charge is 0.339 e. The van der Waals surface area contributed by atoms with Crippen molar-refractivity contribution in [2.75, 3.05) is 32.8 Å². The molecule has 2 heterocycles. The number of thiophene rings is 1. The van der Waals surface area contributed by atoms with Crippen molar-refractivity contribution < 1.29 is 14.3 Å². The Labute approximate surface area is 168 Å². The number of rotatable bonds is 5. The number of ether oxygens (including phenoxy) is 1. The predicted octanol–water partition coefficient (Wildman–Crippen LogP) is 3.40. The second kappa shape index (κ2) is 8.54. The molecule has 1 saturated heterocycles. The van der Waals surface area contributed by atoms with Gasteiger partial charge in [-0.25, -0.2) is 4.79 Å². The Morgan fingerprint density at radius 1 is 0.964 bits per heavy atom. The Morgan fingerprint density at radius 3 is 2.54 bits per heavy atom. The van der Waals surface area contributed by atoms with Gasteiger partial charge in [0, 0.05) is 38.1 Å². The summed E-state index contributed by atoms with van der Waals surface area (Å²) in [6.45, 7) is 3.61. The van der Waals surface area contributed by atoms with E-state index in [0.717, 1.165) is 19.6 Å². The summed E-state index contributed by atoms with van der Waals surface area (Å²) in [7, 11) is 0. The maximum Gasteiger partial charge on any atom is 0.339 e. The molecule has 1 amide bonds. The van der Waals surface area contributed by atoms with Crippen LogP contribution in [0.3, 0.4) is 0 Å². The number of hydrogen-bond donors (Lipinski definition) is 0. The fraction of sp³-hybridized carbons (Fsp3) is 0.273. The lowest BCUT2D eigenvalue weighted by Crippen LogP contribution is -2.49. The van der Waals surface area contributed by atoms with Crippen LogP contribution in [-0.2, 0) is 16.1 Å². The number of carbonyl (C=O) groups excluding carboxylic acids is 2. The lowest BCUT2D eigenvalue weighted by atomic mass is 10.0. The normalized spacial score (nSPS) is 14.9. The molecule has 1 fully saturated rings. The molecule has 6 heteroatoms. The molecule has 0 bridgehead atoms. The Morgan fingerprint density at radius 2 is 1.75 bits per heavy atom. The third-order valence-corrected chi connectivity index (χ3v) is 5.77. The highest BCUT2D eigenvalue weighted by atomic mass is 32.1. The average molecular weight is 394 g/mol. The van der Waals surface area contributed by atoms with E-state index < -0.39 is 5.97 Å². The first kappa shape index (κ1) is 18.7. The summed E-state index contributed by atoms with van der Waals surface area (Å²) in [5.41, 5.74) is 1.81. The predicted molar refractivity (Wildman–Crippen MR) is 110 cm³/mol. The largest absolute Gasteiger partial charge is 0.452 e. The average Bonchev–Trinajstić information content (AvgIpc) is 3.28. The zero-order valence-corrected chi connectivity index (χ0v) is 16.4. The summed E-state index contributed by atoms with van der Waals surface area (Å²) in [5, 5.41) is 6.07. The summed E-state index contributed by atoms with van der Waals surface area (Å²) in [5.74, 6) is -0.572. The van der Waals surface area contributed by atoms with Gasteiger partial charge in [0.05, 0.1) is 5.56 Å². The molecule has 1 aromatic heterocycles. The topological polar surface area (TPSA) is 49.9 Å². The number of nitrogens with zero attached hydrogens (tertiary/aromatic N) is 2. The highest BCUT2D eigenvalue weighted by molar-refractivity contribution is 7.08. The number of hydrogen-bond acceptors (Lipinski definition) is 5. The highest BCUT2D eigenvalue weighted by Gasteiger charge is 2.22. The van der Waals surface area contributed by atoms with Crippen molar-refractivity contribution in [1.82, 2.24) is 9.80 Å². The summed E-state index contributed by atoms with van der Waals surface area (Å²) >= 11 is 1.43. The van der Waals surface area contributed by atoms with Crippen molar-refractivity contribution in [3.8, 4) is 0 Å². The monoisotopic (exact) mass is 394 g/mol. The molecule has 1 aliphatic rings. The van der Waals surface area contributed by atoms with Gasteiger partial charge in [0.25, 0.3) is 5.91 Å². The molecule has 0 radical (unpaired) electrons. The van der Waals surface area contributed by atoms with Gasteiger partial charge >= 0.3 is 5.97 Å². The van der Waals surface area contributed by atoms with Crippen molar-refractivity contribution in [2.45, 2.75) is 6.54 Å².